The van der Waals surface area contributed by atoms with Crippen molar-refractivity contribution in [2.45, 2.75) is 51.2 Å². The van der Waals surface area contributed by atoms with Crippen LogP contribution in [0.5, 0.6) is 0 Å². The molecular formula is C13H28N2O. The Morgan fingerprint density at radius 2 is 1.94 bits per heavy atom. The van der Waals surface area contributed by atoms with E-state index in [0.717, 1.165) is 25.9 Å². The fourth-order valence-corrected chi connectivity index (χ4v) is 2.85. The molecule has 0 amide bonds. The molecule has 0 aromatic carbocycles. The predicted octanol–water partition coefficient (Wildman–Crippen LogP) is 1.86. The van der Waals surface area contributed by atoms with Gasteiger partial charge < -0.3 is 10.5 Å². The highest BCUT2D eigenvalue weighted by atomic mass is 16.5. The summed E-state index contributed by atoms with van der Waals surface area (Å²) in [6, 6.07) is 0. The molecule has 1 aliphatic rings. The topological polar surface area (TPSA) is 38.5 Å². The van der Waals surface area contributed by atoms with E-state index in [4.69, 9.17) is 10.5 Å². The molecule has 16 heavy (non-hydrogen) atoms. The lowest BCUT2D eigenvalue weighted by Gasteiger charge is -2.46. The number of nitrogens with two attached hydrogens (primary N) is 1. The Hall–Kier alpha value is -0.120. The smallest absolute Gasteiger partial charge is 0.0572 e. The lowest BCUT2D eigenvalue weighted by Crippen LogP contribution is -2.55. The first kappa shape index (κ1) is 13.9. The third kappa shape index (κ3) is 3.19. The van der Waals surface area contributed by atoms with Gasteiger partial charge in [-0.1, -0.05) is 13.8 Å². The van der Waals surface area contributed by atoms with Crippen molar-refractivity contribution in [1.82, 2.24) is 4.90 Å². The lowest BCUT2D eigenvalue weighted by molar-refractivity contribution is -0.000136. The van der Waals surface area contributed by atoms with Crippen molar-refractivity contribution in [3.05, 3.63) is 0 Å². The predicted molar refractivity (Wildman–Crippen MR) is 68.5 cm³/mol. The average Bonchev–Trinajstić information content (AvgIpc) is 2.28. The number of hydrogen-bond donors (Lipinski definition) is 1. The second-order valence-corrected chi connectivity index (χ2v) is 5.64. The van der Waals surface area contributed by atoms with Crippen LogP contribution >= 0.6 is 0 Å². The van der Waals surface area contributed by atoms with Crippen LogP contribution in [-0.2, 0) is 4.74 Å². The minimum atomic E-state index is 0.222. The van der Waals surface area contributed by atoms with E-state index in [2.05, 4.69) is 25.8 Å². The Morgan fingerprint density at radius 3 is 2.31 bits per heavy atom. The van der Waals surface area contributed by atoms with E-state index in [0.29, 0.717) is 12.0 Å². The summed E-state index contributed by atoms with van der Waals surface area (Å²) in [5, 5.41) is 0. The van der Waals surface area contributed by atoms with Crippen LogP contribution in [0, 0.1) is 5.92 Å². The van der Waals surface area contributed by atoms with E-state index in [9.17, 15) is 0 Å². The Bertz CT molecular complexity index is 198. The number of rotatable bonds is 5. The van der Waals surface area contributed by atoms with Gasteiger partial charge in [-0.05, 0) is 38.6 Å². The first-order valence-electron chi connectivity index (χ1n) is 6.48. The largest absolute Gasteiger partial charge is 0.381 e. The van der Waals surface area contributed by atoms with E-state index in [1.165, 1.54) is 12.8 Å². The van der Waals surface area contributed by atoms with E-state index < -0.39 is 0 Å². The third-order valence-corrected chi connectivity index (χ3v) is 4.03. The Morgan fingerprint density at radius 1 is 1.38 bits per heavy atom. The van der Waals surface area contributed by atoms with Crippen LogP contribution in [0.25, 0.3) is 0 Å². The van der Waals surface area contributed by atoms with Gasteiger partial charge in [-0.2, -0.15) is 0 Å². The zero-order valence-electron chi connectivity index (χ0n) is 11.3. The second kappa shape index (κ2) is 5.99. The highest BCUT2D eigenvalue weighted by Crippen LogP contribution is 2.33. The molecule has 0 radical (unpaired) electrons. The van der Waals surface area contributed by atoms with Gasteiger partial charge in [0.2, 0.25) is 0 Å². The van der Waals surface area contributed by atoms with E-state index in [1.54, 1.807) is 0 Å². The molecule has 0 aromatic heterocycles. The van der Waals surface area contributed by atoms with Crippen molar-refractivity contribution in [1.29, 1.82) is 0 Å². The molecule has 1 fully saturated rings. The molecule has 0 heterocycles. The maximum absolute atomic E-state index is 6.02. The molecule has 2 N–H and O–H groups in total. The van der Waals surface area contributed by atoms with Gasteiger partial charge in [0.1, 0.15) is 0 Å². The molecule has 1 rings (SSSR count). The lowest BCUT2D eigenvalue weighted by atomic mass is 9.79. The second-order valence-electron chi connectivity index (χ2n) is 5.64. The molecule has 0 unspecified atom stereocenters. The van der Waals surface area contributed by atoms with Gasteiger partial charge in [-0.25, -0.2) is 0 Å². The van der Waals surface area contributed by atoms with Gasteiger partial charge >= 0.3 is 0 Å². The molecule has 1 saturated carbocycles. The number of ether oxygens (including phenoxy) is 1. The quantitative estimate of drug-likeness (QED) is 0.780. The van der Waals surface area contributed by atoms with Crippen LogP contribution < -0.4 is 5.73 Å². The van der Waals surface area contributed by atoms with Gasteiger partial charge in [-0.3, -0.25) is 4.90 Å². The summed E-state index contributed by atoms with van der Waals surface area (Å²) < 4.78 is 5.43. The standard InChI is InChI=1S/C13H28N2O/c1-11(2)9-15(3)13(10-14)7-5-12(16-4)6-8-13/h11-12H,5-10,14H2,1-4H3. The van der Waals surface area contributed by atoms with Crippen molar-refractivity contribution in [3.63, 3.8) is 0 Å². The average molecular weight is 228 g/mol. The molecule has 0 atom stereocenters. The van der Waals surface area contributed by atoms with Gasteiger partial charge in [-0.15, -0.1) is 0 Å². The van der Waals surface area contributed by atoms with Crippen LogP contribution in [0.15, 0.2) is 0 Å². The van der Waals surface area contributed by atoms with E-state index in [1.807, 2.05) is 7.11 Å². The summed E-state index contributed by atoms with van der Waals surface area (Å²) >= 11 is 0. The monoisotopic (exact) mass is 228 g/mol. The van der Waals surface area contributed by atoms with Crippen molar-refractivity contribution < 1.29 is 4.74 Å². The normalized spacial score (nSPS) is 31.3. The maximum atomic E-state index is 6.02. The number of nitrogens with zero attached hydrogens (tertiary/aromatic N) is 1. The molecule has 0 spiro atoms. The van der Waals surface area contributed by atoms with Gasteiger partial charge in [0.25, 0.3) is 0 Å². The molecule has 0 saturated heterocycles. The van der Waals surface area contributed by atoms with Gasteiger partial charge in [0, 0.05) is 25.7 Å². The Kier molecular flexibility index (Phi) is 5.22. The molecule has 0 aliphatic heterocycles. The fourth-order valence-electron chi connectivity index (χ4n) is 2.85. The minimum absolute atomic E-state index is 0.222. The Balaban J connectivity index is 2.58. The van der Waals surface area contributed by atoms with Gasteiger partial charge in [0.15, 0.2) is 0 Å². The number of methoxy groups -OCH3 is 1. The number of likely N-dealkylation sites (N-methyl/N-ethyl adjacent to an activating group) is 1. The SMILES string of the molecule is COC1CCC(CN)(N(C)CC(C)C)CC1. The first-order valence-corrected chi connectivity index (χ1v) is 6.48. The van der Waals surface area contributed by atoms with Crippen LogP contribution in [0.1, 0.15) is 39.5 Å². The van der Waals surface area contributed by atoms with Crippen LogP contribution in [0.4, 0.5) is 0 Å². The molecule has 1 aliphatic carbocycles. The molecule has 3 nitrogen and oxygen atoms in total. The zero-order chi connectivity index (χ0) is 12.2. The molecule has 0 bridgehead atoms. The van der Waals surface area contributed by atoms with Crippen molar-refractivity contribution in [3.8, 4) is 0 Å². The summed E-state index contributed by atoms with van der Waals surface area (Å²) in [5.74, 6) is 0.702. The van der Waals surface area contributed by atoms with Crippen molar-refractivity contribution in [2.24, 2.45) is 11.7 Å². The summed E-state index contributed by atoms with van der Waals surface area (Å²) in [6.07, 6.45) is 5.09. The summed E-state index contributed by atoms with van der Waals surface area (Å²) in [7, 11) is 4.04. The molecule has 3 heteroatoms. The molecule has 0 aromatic rings. The highest BCUT2D eigenvalue weighted by molar-refractivity contribution is 4.95. The maximum Gasteiger partial charge on any atom is 0.0572 e. The van der Waals surface area contributed by atoms with Crippen LogP contribution in [0.2, 0.25) is 0 Å². The Labute approximate surface area is 100 Å². The fraction of sp³-hybridized carbons (Fsp3) is 1.00. The zero-order valence-corrected chi connectivity index (χ0v) is 11.3. The minimum Gasteiger partial charge on any atom is -0.381 e. The summed E-state index contributed by atoms with van der Waals surface area (Å²) in [5.41, 5.74) is 6.24. The van der Waals surface area contributed by atoms with Crippen LogP contribution in [-0.4, -0.2) is 43.8 Å². The third-order valence-electron chi connectivity index (χ3n) is 4.03. The first-order chi connectivity index (χ1) is 7.54. The summed E-state index contributed by atoms with van der Waals surface area (Å²) in [4.78, 5) is 2.48. The molecular weight excluding hydrogens is 200 g/mol. The molecule has 96 valence electrons. The highest BCUT2D eigenvalue weighted by Gasteiger charge is 2.37. The van der Waals surface area contributed by atoms with Crippen molar-refractivity contribution in [2.75, 3.05) is 27.2 Å². The van der Waals surface area contributed by atoms with E-state index >= 15 is 0 Å². The summed E-state index contributed by atoms with van der Waals surface area (Å²) in [6.45, 7) is 6.44. The number of hydrogen-bond acceptors (Lipinski definition) is 3. The van der Waals surface area contributed by atoms with Gasteiger partial charge in [0.05, 0.1) is 6.10 Å². The van der Waals surface area contributed by atoms with Crippen LogP contribution in [0.3, 0.4) is 0 Å². The van der Waals surface area contributed by atoms with E-state index in [-0.39, 0.29) is 5.54 Å². The van der Waals surface area contributed by atoms with Crippen molar-refractivity contribution >= 4 is 0 Å².